The van der Waals surface area contributed by atoms with E-state index in [0.717, 1.165) is 25.7 Å². The summed E-state index contributed by atoms with van der Waals surface area (Å²) in [5.74, 6) is -2.37. The van der Waals surface area contributed by atoms with Crippen molar-refractivity contribution in [3.05, 3.63) is 23.9 Å². The van der Waals surface area contributed by atoms with Gasteiger partial charge in [-0.2, -0.15) is 0 Å². The average molecular weight is 889 g/mol. The van der Waals surface area contributed by atoms with Gasteiger partial charge in [-0.3, -0.25) is 19.1 Å². The molecule has 15 nitrogen and oxygen atoms in total. The van der Waals surface area contributed by atoms with Crippen molar-refractivity contribution in [3.8, 4) is 11.6 Å². The summed E-state index contributed by atoms with van der Waals surface area (Å²) in [7, 11) is -2.51. The Morgan fingerprint density at radius 1 is 1.02 bits per heavy atom. The molecule has 62 heavy (non-hydrogen) atoms. The second kappa shape index (κ2) is 17.7. The molecule has 1 saturated heterocycles. The molecule has 4 fully saturated rings. The van der Waals surface area contributed by atoms with Crippen LogP contribution in [0.3, 0.4) is 0 Å². The third-order valence-corrected chi connectivity index (χ3v) is 15.9. The highest BCUT2D eigenvalue weighted by Crippen LogP contribution is 2.48. The van der Waals surface area contributed by atoms with Crippen LogP contribution >= 0.6 is 0 Å². The number of nitrogens with one attached hydrogen (secondary N) is 3. The number of carbonyl (C=O) groups is 4. The van der Waals surface area contributed by atoms with Crippen LogP contribution in [0, 0.1) is 35.0 Å². The zero-order chi connectivity index (χ0) is 44.9. The van der Waals surface area contributed by atoms with E-state index in [4.69, 9.17) is 24.2 Å². The molecule has 18 heteroatoms. The minimum Gasteiger partial charge on any atom is -0.497 e. The number of sulfonamides is 1. The maximum Gasteiger partial charge on any atom is 0.408 e. The van der Waals surface area contributed by atoms with E-state index in [1.807, 2.05) is 6.07 Å². The molecular formula is C44H62F2N6O9S. The summed E-state index contributed by atoms with van der Waals surface area (Å²) in [6.07, 6.45) is 0.000384. The van der Waals surface area contributed by atoms with E-state index in [9.17, 15) is 31.6 Å². The zero-order valence-electron chi connectivity index (χ0n) is 36.7. The summed E-state index contributed by atoms with van der Waals surface area (Å²) in [6.45, 7) is 11.3. The number of halogens is 2. The molecule has 2 aromatic rings. The van der Waals surface area contributed by atoms with E-state index >= 15 is 4.79 Å². The fraction of sp³-hybridized carbons (Fsp3) is 0.727. The minimum absolute atomic E-state index is 0.0661. The normalized spacial score (nSPS) is 32.1. The number of alkyl halides is 2. The van der Waals surface area contributed by atoms with Gasteiger partial charge in [0.2, 0.25) is 34.1 Å². The van der Waals surface area contributed by atoms with Gasteiger partial charge in [-0.25, -0.2) is 32.0 Å². The largest absolute Gasteiger partial charge is 0.497 e. The second-order valence-electron chi connectivity index (χ2n) is 19.5. The number of benzene rings is 1. The van der Waals surface area contributed by atoms with Crippen LogP contribution < -0.4 is 24.8 Å². The highest BCUT2D eigenvalue weighted by molar-refractivity contribution is 7.91. The number of hydrogen-bond acceptors (Lipinski definition) is 11. The number of aromatic nitrogens is 2. The first-order valence-electron chi connectivity index (χ1n) is 22.2. The number of fused-ring (bicyclic) bond motifs is 5. The van der Waals surface area contributed by atoms with Crippen LogP contribution in [0.4, 0.5) is 13.6 Å². The van der Waals surface area contributed by atoms with Crippen LogP contribution in [0.15, 0.2) is 18.2 Å². The van der Waals surface area contributed by atoms with Gasteiger partial charge in [-0.05, 0) is 92.6 Å². The van der Waals surface area contributed by atoms with Gasteiger partial charge in [0.15, 0.2) is 0 Å². The Morgan fingerprint density at radius 2 is 1.76 bits per heavy atom. The molecule has 3 N–H and O–H groups in total. The summed E-state index contributed by atoms with van der Waals surface area (Å²) in [4.78, 5) is 68.7. The van der Waals surface area contributed by atoms with E-state index in [1.165, 1.54) is 4.90 Å². The molecule has 1 aromatic heterocycles. The van der Waals surface area contributed by atoms with Crippen molar-refractivity contribution >= 4 is 44.9 Å². The molecule has 2 bridgehead atoms. The lowest BCUT2D eigenvalue weighted by Crippen LogP contribution is -2.61. The highest BCUT2D eigenvalue weighted by Gasteiger charge is 2.63. The number of amides is 4. The lowest BCUT2D eigenvalue weighted by Gasteiger charge is -2.36. The van der Waals surface area contributed by atoms with Crippen molar-refractivity contribution in [2.75, 3.05) is 13.7 Å². The fourth-order valence-electron chi connectivity index (χ4n) is 9.82. The number of rotatable bonds is 9. The molecule has 342 valence electrons. The number of carbonyl (C=O) groups excluding carboxylic acids is 4. The second-order valence-corrected chi connectivity index (χ2v) is 21.5. The maximum atomic E-state index is 15.0. The molecule has 1 aromatic carbocycles. The summed E-state index contributed by atoms with van der Waals surface area (Å²) in [5.41, 5.74) is -0.929. The van der Waals surface area contributed by atoms with E-state index in [2.05, 4.69) is 29.2 Å². The molecule has 0 spiro atoms. The molecular weight excluding hydrogens is 827 g/mol. The van der Waals surface area contributed by atoms with Gasteiger partial charge >= 0.3 is 6.09 Å². The average Bonchev–Trinajstić information content (AvgIpc) is 4.12. The van der Waals surface area contributed by atoms with Crippen LogP contribution in [0.1, 0.15) is 111 Å². The first kappa shape index (κ1) is 45.7. The maximum absolute atomic E-state index is 15.0. The van der Waals surface area contributed by atoms with Crippen LogP contribution in [0.25, 0.3) is 11.0 Å². The number of aryl methyl sites for hydroxylation is 1. The smallest absolute Gasteiger partial charge is 0.408 e. The Hall–Kier alpha value is -4.35. The molecule has 4 amide bonds. The van der Waals surface area contributed by atoms with Crippen LogP contribution in [0.2, 0.25) is 0 Å². The summed E-state index contributed by atoms with van der Waals surface area (Å²) in [5, 5.41) is 4.87. The first-order valence-corrected chi connectivity index (χ1v) is 23.7. The topological polar surface area (TPSA) is 195 Å². The Morgan fingerprint density at radius 3 is 2.44 bits per heavy atom. The first-order chi connectivity index (χ1) is 29.2. The van der Waals surface area contributed by atoms with Gasteiger partial charge in [0.1, 0.15) is 41.3 Å². The van der Waals surface area contributed by atoms with Crippen molar-refractivity contribution in [2.45, 2.75) is 154 Å². The predicted octanol–water partition coefficient (Wildman–Crippen LogP) is 5.68. The Kier molecular flexibility index (Phi) is 13.0. The molecule has 3 heterocycles. The SMILES string of the molecule is COc1ccc2nc3c(nc2c1)O[C@H]1CN(C(=O)[C@H](C(C)(C)C)NC(=O)O[C@@H]2C[C@H](C)[C@H](C)[C@H]2CCCCC3)[C@H](C(=O)N[C@]2(C(=O)NS(=O)(=O)C3CC3)C[C@H]2CCC(F)F)[C@@H]1C. The van der Waals surface area contributed by atoms with E-state index in [0.29, 0.717) is 60.0 Å². The molecule has 10 atom stereocenters. The molecule has 0 unspecified atom stereocenters. The number of nitrogens with zero attached hydrogens (tertiary/aromatic N) is 3. The monoisotopic (exact) mass is 888 g/mol. The van der Waals surface area contributed by atoms with Crippen molar-refractivity contribution in [3.63, 3.8) is 0 Å². The quantitative estimate of drug-likeness (QED) is 0.281. The van der Waals surface area contributed by atoms with Crippen molar-refractivity contribution in [1.82, 2.24) is 30.2 Å². The van der Waals surface area contributed by atoms with Crippen LogP contribution in [0.5, 0.6) is 11.6 Å². The third-order valence-electron chi connectivity index (χ3n) is 14.0. The fourth-order valence-corrected chi connectivity index (χ4v) is 11.2. The lowest BCUT2D eigenvalue weighted by atomic mass is 9.85. The number of hydrogen-bond donors (Lipinski definition) is 3. The predicted molar refractivity (Wildman–Crippen MR) is 225 cm³/mol. The van der Waals surface area contributed by atoms with E-state index < -0.39 is 92.9 Å². The van der Waals surface area contributed by atoms with E-state index in [1.54, 1.807) is 46.9 Å². The zero-order valence-corrected chi connectivity index (χ0v) is 37.6. The highest BCUT2D eigenvalue weighted by atomic mass is 32.2. The van der Waals surface area contributed by atoms with Crippen molar-refractivity contribution in [2.24, 2.45) is 35.0 Å². The Labute approximate surface area is 362 Å². The lowest BCUT2D eigenvalue weighted by molar-refractivity contribution is -0.143. The minimum atomic E-state index is -4.06. The van der Waals surface area contributed by atoms with Crippen LogP contribution in [-0.4, -0.2) is 102 Å². The number of alkyl carbamates (subject to hydrolysis) is 1. The van der Waals surface area contributed by atoms with Crippen molar-refractivity contribution in [1.29, 1.82) is 0 Å². The molecule has 3 saturated carbocycles. The standard InChI is InChI=1S/C44H62F2N6O9S/c1-23-19-33-29(24(23)2)11-9-8-10-12-31-39(48-32-20-27(59-7)14-17-30(32)47-31)60-34-22-52(40(54)37(43(4,5)6)49-42(56)61-33)36(25(34)3)38(53)50-44(21-26(44)13-18-35(45)46)41(55)51-62(57,58)28-15-16-28/h14,17,20,23-26,28-29,33-37H,8-13,15-16,18-19,21-22H2,1-7H3,(H,49,56)(H,50,53)(H,51,55)/t23-,24-,25+,26+,29+,33+,34-,36-,37+,44+/m0/s1. The molecule has 5 aliphatic rings. The summed E-state index contributed by atoms with van der Waals surface area (Å²) >= 11 is 0. The van der Waals surface area contributed by atoms with Gasteiger partial charge in [-0.15, -0.1) is 0 Å². The number of methoxy groups -OCH3 is 1. The van der Waals surface area contributed by atoms with Gasteiger partial charge in [0, 0.05) is 18.4 Å². The third kappa shape index (κ3) is 9.59. The summed E-state index contributed by atoms with van der Waals surface area (Å²) < 4.78 is 73.2. The van der Waals surface area contributed by atoms with Crippen molar-refractivity contribution < 1.29 is 50.6 Å². The Bertz CT molecular complexity index is 2150. The van der Waals surface area contributed by atoms with Gasteiger partial charge in [-0.1, -0.05) is 54.4 Å². The summed E-state index contributed by atoms with van der Waals surface area (Å²) in [6, 6.07) is 2.87. The Balaban J connectivity index is 1.26. The van der Waals surface area contributed by atoms with E-state index in [-0.39, 0.29) is 37.3 Å². The number of ether oxygens (including phenoxy) is 3. The van der Waals surface area contributed by atoms with Gasteiger partial charge in [0.25, 0.3) is 5.91 Å². The molecule has 7 rings (SSSR count). The van der Waals surface area contributed by atoms with Gasteiger partial charge in [0.05, 0.1) is 29.9 Å². The molecule has 0 radical (unpaired) electrons. The van der Waals surface area contributed by atoms with Crippen LogP contribution in [-0.2, 0) is 35.6 Å². The van der Waals surface area contributed by atoms with Gasteiger partial charge < -0.3 is 29.7 Å². The molecule has 3 aliphatic carbocycles. The molecule has 2 aliphatic heterocycles.